The third kappa shape index (κ3) is 4.06. The van der Waals surface area contributed by atoms with Crippen molar-refractivity contribution in [3.63, 3.8) is 0 Å². The number of nitrogens with one attached hydrogen (secondary N) is 3. The van der Waals surface area contributed by atoms with Crippen molar-refractivity contribution in [1.29, 1.82) is 0 Å². The summed E-state index contributed by atoms with van der Waals surface area (Å²) in [6.45, 7) is 0.720. The van der Waals surface area contributed by atoms with Gasteiger partial charge in [-0.15, -0.1) is 11.3 Å². The summed E-state index contributed by atoms with van der Waals surface area (Å²) in [4.78, 5) is 30.7. The lowest BCUT2D eigenvalue weighted by Gasteiger charge is -2.41. The molecule has 0 radical (unpaired) electrons. The number of benzene rings is 1. The molecular weight excluding hydrogens is 440 g/mol. The Kier molecular flexibility index (Phi) is 5.89. The second kappa shape index (κ2) is 8.63. The molecule has 0 spiro atoms. The van der Waals surface area contributed by atoms with Crippen molar-refractivity contribution in [2.24, 2.45) is 5.73 Å². The van der Waals surface area contributed by atoms with Crippen LogP contribution in [0, 0.1) is 11.6 Å². The van der Waals surface area contributed by atoms with E-state index in [1.807, 2.05) is 0 Å². The zero-order valence-electron chi connectivity index (χ0n) is 17.1. The Morgan fingerprint density at radius 3 is 2.59 bits per heavy atom. The van der Waals surface area contributed by atoms with E-state index in [4.69, 9.17) is 5.73 Å². The lowest BCUT2D eigenvalue weighted by Crippen LogP contribution is -2.59. The summed E-state index contributed by atoms with van der Waals surface area (Å²) in [6, 6.07) is 1.99. The van der Waals surface area contributed by atoms with Crippen molar-refractivity contribution in [3.05, 3.63) is 47.2 Å². The number of thiazole rings is 1. The van der Waals surface area contributed by atoms with Crippen LogP contribution in [0.3, 0.4) is 0 Å². The van der Waals surface area contributed by atoms with Crippen LogP contribution in [0.5, 0.6) is 0 Å². The van der Waals surface area contributed by atoms with E-state index < -0.39 is 29.0 Å². The number of hydrogen-bond donors (Lipinski definition) is 4. The lowest BCUT2D eigenvalue weighted by molar-refractivity contribution is -0.125. The standard InChI is InChI=1S/C20H21F2N7O2S/c1-24-20(19(23)31)2-4-29(5-3-20)16-7-13(22)12(21)6-14(16)27-17(30)15-10-32-18(28-15)11-8-25-26-9-11/h6-10,24H,2-5H2,1H3,(H2,23,31)(H,25,26)(H,27,30). The van der Waals surface area contributed by atoms with Crippen LogP contribution in [0.4, 0.5) is 20.2 Å². The van der Waals surface area contributed by atoms with E-state index >= 15 is 0 Å². The summed E-state index contributed by atoms with van der Waals surface area (Å²) >= 11 is 1.26. The molecule has 9 nitrogen and oxygen atoms in total. The number of nitrogens with two attached hydrogens (primary N) is 1. The van der Waals surface area contributed by atoms with Crippen LogP contribution in [0.25, 0.3) is 10.6 Å². The first kappa shape index (κ1) is 21.8. The minimum Gasteiger partial charge on any atom is -0.370 e. The molecule has 0 saturated carbocycles. The highest BCUT2D eigenvalue weighted by atomic mass is 32.1. The topological polar surface area (TPSA) is 129 Å². The van der Waals surface area contributed by atoms with Crippen LogP contribution in [0.15, 0.2) is 29.9 Å². The monoisotopic (exact) mass is 461 g/mol. The Bertz CT molecular complexity index is 1140. The maximum atomic E-state index is 14.1. The number of anilines is 2. The molecule has 5 N–H and O–H groups in total. The van der Waals surface area contributed by atoms with Gasteiger partial charge in [-0.25, -0.2) is 13.8 Å². The quantitative estimate of drug-likeness (QED) is 0.445. The average molecular weight is 461 g/mol. The van der Waals surface area contributed by atoms with Gasteiger partial charge >= 0.3 is 0 Å². The van der Waals surface area contributed by atoms with Crippen molar-refractivity contribution in [2.75, 3.05) is 30.4 Å². The van der Waals surface area contributed by atoms with Gasteiger partial charge in [0, 0.05) is 42.4 Å². The van der Waals surface area contributed by atoms with Gasteiger partial charge in [-0.3, -0.25) is 14.7 Å². The fourth-order valence-corrected chi connectivity index (χ4v) is 4.49. The second-order valence-corrected chi connectivity index (χ2v) is 8.30. The highest BCUT2D eigenvalue weighted by Gasteiger charge is 2.39. The molecule has 1 saturated heterocycles. The van der Waals surface area contributed by atoms with Gasteiger partial charge in [0.15, 0.2) is 11.6 Å². The van der Waals surface area contributed by atoms with Crippen molar-refractivity contribution >= 4 is 34.5 Å². The van der Waals surface area contributed by atoms with Crippen LogP contribution < -0.4 is 21.3 Å². The summed E-state index contributed by atoms with van der Waals surface area (Å²) in [6.07, 6.45) is 4.00. The van der Waals surface area contributed by atoms with Crippen LogP contribution in [-0.2, 0) is 4.79 Å². The smallest absolute Gasteiger partial charge is 0.275 e. The Morgan fingerprint density at radius 1 is 1.25 bits per heavy atom. The van der Waals surface area contributed by atoms with Crippen molar-refractivity contribution < 1.29 is 18.4 Å². The van der Waals surface area contributed by atoms with E-state index in [0.717, 1.165) is 17.7 Å². The number of amides is 2. The average Bonchev–Trinajstić information content (AvgIpc) is 3.48. The van der Waals surface area contributed by atoms with E-state index in [9.17, 15) is 18.4 Å². The van der Waals surface area contributed by atoms with Gasteiger partial charge in [0.2, 0.25) is 5.91 Å². The predicted molar refractivity (Wildman–Crippen MR) is 116 cm³/mol. The number of primary amides is 1. The molecule has 4 rings (SSSR count). The number of aromatic amines is 1. The normalized spacial score (nSPS) is 15.5. The van der Waals surface area contributed by atoms with Crippen LogP contribution in [-0.4, -0.2) is 52.7 Å². The third-order valence-electron chi connectivity index (χ3n) is 5.68. The van der Waals surface area contributed by atoms with Gasteiger partial charge in [-0.05, 0) is 19.9 Å². The first-order valence-electron chi connectivity index (χ1n) is 9.82. The minimum absolute atomic E-state index is 0.114. The van der Waals surface area contributed by atoms with Gasteiger partial charge in [0.1, 0.15) is 16.2 Å². The number of likely N-dealkylation sites (N-methyl/N-ethyl adjacent to an activating group) is 1. The molecule has 1 aromatic carbocycles. The molecular formula is C20H21F2N7O2S. The maximum absolute atomic E-state index is 14.1. The number of carbonyl (C=O) groups excluding carboxylic acids is 2. The Balaban J connectivity index is 1.56. The maximum Gasteiger partial charge on any atom is 0.275 e. The number of halogens is 2. The van der Waals surface area contributed by atoms with Gasteiger partial charge in [-0.1, -0.05) is 0 Å². The fourth-order valence-electron chi connectivity index (χ4n) is 3.71. The highest BCUT2D eigenvalue weighted by molar-refractivity contribution is 7.13. The first-order chi connectivity index (χ1) is 15.3. The number of hydrogen-bond acceptors (Lipinski definition) is 7. The zero-order chi connectivity index (χ0) is 22.9. The molecule has 2 amide bonds. The van der Waals surface area contributed by atoms with Crippen molar-refractivity contribution in [2.45, 2.75) is 18.4 Å². The molecule has 3 aromatic rings. The summed E-state index contributed by atoms with van der Waals surface area (Å²) in [7, 11) is 1.66. The van der Waals surface area contributed by atoms with Crippen molar-refractivity contribution in [1.82, 2.24) is 20.5 Å². The summed E-state index contributed by atoms with van der Waals surface area (Å²) in [5.74, 6) is -3.13. The SMILES string of the molecule is CNC1(C(N)=O)CCN(c2cc(F)c(F)cc2NC(=O)c2csc(-c3cn[nH]c3)n2)CC1. The molecule has 1 aliphatic heterocycles. The summed E-state index contributed by atoms with van der Waals surface area (Å²) in [5.41, 5.74) is 5.99. The molecule has 0 bridgehead atoms. The third-order valence-corrected chi connectivity index (χ3v) is 6.57. The van der Waals surface area contributed by atoms with Crippen LogP contribution in [0.2, 0.25) is 0 Å². The fraction of sp³-hybridized carbons (Fsp3) is 0.300. The number of aromatic nitrogens is 3. The van der Waals surface area contributed by atoms with E-state index in [1.54, 1.807) is 29.7 Å². The lowest BCUT2D eigenvalue weighted by atomic mass is 9.86. The Hall–Kier alpha value is -3.38. The molecule has 0 unspecified atom stereocenters. The van der Waals surface area contributed by atoms with Gasteiger partial charge in [0.05, 0.1) is 17.6 Å². The molecule has 168 valence electrons. The molecule has 1 aliphatic rings. The molecule has 1 fully saturated rings. The largest absolute Gasteiger partial charge is 0.370 e. The van der Waals surface area contributed by atoms with Crippen molar-refractivity contribution in [3.8, 4) is 10.6 Å². The zero-order valence-corrected chi connectivity index (χ0v) is 17.9. The number of carbonyl (C=O) groups is 2. The highest BCUT2D eigenvalue weighted by Crippen LogP contribution is 2.34. The Morgan fingerprint density at radius 2 is 1.97 bits per heavy atom. The Labute approximate surface area is 186 Å². The van der Waals surface area contributed by atoms with E-state index in [1.165, 1.54) is 11.3 Å². The number of piperidine rings is 1. The summed E-state index contributed by atoms with van der Waals surface area (Å²) < 4.78 is 28.1. The van der Waals surface area contributed by atoms with Crippen LogP contribution in [0.1, 0.15) is 23.3 Å². The van der Waals surface area contributed by atoms with Gasteiger partial charge in [-0.2, -0.15) is 5.10 Å². The molecule has 2 aromatic heterocycles. The molecule has 3 heterocycles. The number of nitrogens with zero attached hydrogens (tertiary/aromatic N) is 3. The number of rotatable bonds is 6. The first-order valence-corrected chi connectivity index (χ1v) is 10.7. The molecule has 32 heavy (non-hydrogen) atoms. The molecule has 0 atom stereocenters. The molecule has 0 aliphatic carbocycles. The minimum atomic E-state index is -1.08. The van der Waals surface area contributed by atoms with E-state index in [2.05, 4.69) is 25.8 Å². The van der Waals surface area contributed by atoms with Gasteiger partial charge in [0.25, 0.3) is 5.91 Å². The summed E-state index contributed by atoms with van der Waals surface area (Å²) in [5, 5.41) is 14.3. The predicted octanol–water partition coefficient (Wildman–Crippen LogP) is 2.11. The van der Waals surface area contributed by atoms with Crippen LogP contribution >= 0.6 is 11.3 Å². The number of H-pyrrole nitrogens is 1. The van der Waals surface area contributed by atoms with Gasteiger partial charge < -0.3 is 21.3 Å². The second-order valence-electron chi connectivity index (χ2n) is 7.45. The molecule has 12 heteroatoms. The van der Waals surface area contributed by atoms with E-state index in [0.29, 0.717) is 36.6 Å². The van der Waals surface area contributed by atoms with E-state index in [-0.39, 0.29) is 11.4 Å².